The van der Waals surface area contributed by atoms with Gasteiger partial charge in [0, 0.05) is 32.4 Å². The molecular weight excluding hydrogens is 260 g/mol. The van der Waals surface area contributed by atoms with Gasteiger partial charge < -0.3 is 15.0 Å². The smallest absolute Gasteiger partial charge is 0.0659 e. The molecule has 0 aromatic heterocycles. The van der Waals surface area contributed by atoms with E-state index in [1.165, 1.54) is 0 Å². The van der Waals surface area contributed by atoms with Crippen molar-refractivity contribution in [3.63, 3.8) is 0 Å². The Labute approximate surface area is 120 Å². The Morgan fingerprint density at radius 2 is 2.21 bits per heavy atom. The summed E-state index contributed by atoms with van der Waals surface area (Å²) in [4.78, 5) is 2.02. The molecule has 1 fully saturated rings. The van der Waals surface area contributed by atoms with Crippen LogP contribution in [0.25, 0.3) is 0 Å². The number of hydrogen-bond acceptors (Lipinski definition) is 3. The fourth-order valence-corrected chi connectivity index (χ4v) is 2.84. The van der Waals surface area contributed by atoms with Crippen LogP contribution in [0.4, 0.5) is 11.4 Å². The maximum Gasteiger partial charge on any atom is 0.0659 e. The quantitative estimate of drug-likeness (QED) is 0.910. The number of nitrogens with zero attached hydrogens (tertiary/aromatic N) is 1. The second kappa shape index (κ2) is 6.49. The summed E-state index contributed by atoms with van der Waals surface area (Å²) in [5.41, 5.74) is 2.14. The molecule has 0 saturated carbocycles. The Balaban J connectivity index is 2.01. The lowest BCUT2D eigenvalue weighted by atomic mass is 10.0. The maximum atomic E-state index is 6.29. The maximum absolute atomic E-state index is 6.29. The van der Waals surface area contributed by atoms with Crippen molar-refractivity contribution in [3.8, 4) is 0 Å². The van der Waals surface area contributed by atoms with Gasteiger partial charge in [-0.2, -0.15) is 0 Å². The van der Waals surface area contributed by atoms with Crippen LogP contribution in [0.3, 0.4) is 0 Å². The first-order valence-corrected chi connectivity index (χ1v) is 7.33. The Hall–Kier alpha value is -0.930. The number of nitrogens with one attached hydrogen (secondary N) is 1. The van der Waals surface area contributed by atoms with Gasteiger partial charge >= 0.3 is 0 Å². The van der Waals surface area contributed by atoms with Gasteiger partial charge in [-0.3, -0.25) is 0 Å². The summed E-state index contributed by atoms with van der Waals surface area (Å²) in [5, 5.41) is 4.36. The van der Waals surface area contributed by atoms with Crippen LogP contribution in [0.15, 0.2) is 18.2 Å². The zero-order chi connectivity index (χ0) is 13.8. The average Bonchev–Trinajstić information content (AvgIpc) is 2.38. The van der Waals surface area contributed by atoms with E-state index in [9.17, 15) is 0 Å². The van der Waals surface area contributed by atoms with E-state index in [1.54, 1.807) is 0 Å². The molecule has 1 aliphatic rings. The second-order valence-electron chi connectivity index (χ2n) is 5.33. The monoisotopic (exact) mass is 282 g/mol. The van der Waals surface area contributed by atoms with Crippen LogP contribution in [0.2, 0.25) is 5.02 Å². The van der Waals surface area contributed by atoms with Crippen LogP contribution in [0.1, 0.15) is 26.2 Å². The van der Waals surface area contributed by atoms with Crippen molar-refractivity contribution in [1.29, 1.82) is 0 Å². The Bertz CT molecular complexity index is 423. The van der Waals surface area contributed by atoms with Crippen LogP contribution in [-0.2, 0) is 4.74 Å². The molecule has 1 aromatic carbocycles. The highest BCUT2D eigenvalue weighted by Crippen LogP contribution is 2.29. The average molecular weight is 283 g/mol. The number of halogens is 1. The number of rotatable bonds is 4. The van der Waals surface area contributed by atoms with E-state index in [0.717, 1.165) is 42.3 Å². The SMILES string of the molecule is CCC1CC(Nc2ccc(N(C)C)c(Cl)c2)CCO1. The summed E-state index contributed by atoms with van der Waals surface area (Å²) >= 11 is 6.29. The zero-order valence-electron chi connectivity index (χ0n) is 11.9. The third-order valence-corrected chi connectivity index (χ3v) is 3.93. The summed E-state index contributed by atoms with van der Waals surface area (Å²) in [6.45, 7) is 3.02. The zero-order valence-corrected chi connectivity index (χ0v) is 12.7. The van der Waals surface area contributed by atoms with E-state index in [4.69, 9.17) is 16.3 Å². The Kier molecular flexibility index (Phi) is 4.94. The number of ether oxygens (including phenoxy) is 1. The number of anilines is 2. The molecule has 2 unspecified atom stereocenters. The third kappa shape index (κ3) is 3.77. The molecule has 2 atom stereocenters. The van der Waals surface area contributed by atoms with Crippen molar-refractivity contribution in [2.24, 2.45) is 0 Å². The van der Waals surface area contributed by atoms with Gasteiger partial charge in [0.15, 0.2) is 0 Å². The van der Waals surface area contributed by atoms with E-state index >= 15 is 0 Å². The van der Waals surface area contributed by atoms with Gasteiger partial charge in [-0.15, -0.1) is 0 Å². The summed E-state index contributed by atoms with van der Waals surface area (Å²) in [6, 6.07) is 6.65. The standard InChI is InChI=1S/C15H23ClN2O/c1-4-13-9-12(7-8-19-13)17-11-5-6-15(18(2)3)14(16)10-11/h5-6,10,12-13,17H,4,7-9H2,1-3H3. The summed E-state index contributed by atoms with van der Waals surface area (Å²) in [6.07, 6.45) is 3.61. The summed E-state index contributed by atoms with van der Waals surface area (Å²) in [5.74, 6) is 0. The fourth-order valence-electron chi connectivity index (χ4n) is 2.49. The first-order valence-electron chi connectivity index (χ1n) is 6.95. The summed E-state index contributed by atoms with van der Waals surface area (Å²) in [7, 11) is 4.00. The molecule has 3 nitrogen and oxygen atoms in total. The number of hydrogen-bond donors (Lipinski definition) is 1. The molecule has 19 heavy (non-hydrogen) atoms. The summed E-state index contributed by atoms with van der Waals surface area (Å²) < 4.78 is 5.70. The molecule has 0 radical (unpaired) electrons. The molecule has 1 saturated heterocycles. The van der Waals surface area contributed by atoms with Gasteiger partial charge in [0.05, 0.1) is 16.8 Å². The van der Waals surface area contributed by atoms with E-state index < -0.39 is 0 Å². The molecular formula is C15H23ClN2O. The fraction of sp³-hybridized carbons (Fsp3) is 0.600. The minimum Gasteiger partial charge on any atom is -0.382 e. The van der Waals surface area contributed by atoms with Crippen molar-refractivity contribution in [3.05, 3.63) is 23.2 Å². The molecule has 0 bridgehead atoms. The normalized spacial score (nSPS) is 23.2. The topological polar surface area (TPSA) is 24.5 Å². The van der Waals surface area contributed by atoms with Gasteiger partial charge in [0.25, 0.3) is 0 Å². The van der Waals surface area contributed by atoms with Gasteiger partial charge in [0.1, 0.15) is 0 Å². The van der Waals surface area contributed by atoms with Crippen molar-refractivity contribution in [2.75, 3.05) is 30.9 Å². The molecule has 106 valence electrons. The Morgan fingerprint density at radius 3 is 2.84 bits per heavy atom. The first kappa shape index (κ1) is 14.5. The van der Waals surface area contributed by atoms with Crippen LogP contribution in [-0.4, -0.2) is 32.8 Å². The molecule has 2 rings (SSSR count). The Morgan fingerprint density at radius 1 is 1.42 bits per heavy atom. The van der Waals surface area contributed by atoms with E-state index in [1.807, 2.05) is 25.1 Å². The lowest BCUT2D eigenvalue weighted by molar-refractivity contribution is 0.00926. The van der Waals surface area contributed by atoms with E-state index in [2.05, 4.69) is 24.4 Å². The highest BCUT2D eigenvalue weighted by atomic mass is 35.5. The molecule has 0 aliphatic carbocycles. The highest BCUT2D eigenvalue weighted by molar-refractivity contribution is 6.33. The van der Waals surface area contributed by atoms with E-state index in [0.29, 0.717) is 12.1 Å². The first-order chi connectivity index (χ1) is 9.10. The minimum atomic E-state index is 0.391. The van der Waals surface area contributed by atoms with Crippen LogP contribution in [0, 0.1) is 0 Å². The van der Waals surface area contributed by atoms with Gasteiger partial charge in [0.2, 0.25) is 0 Å². The van der Waals surface area contributed by atoms with Crippen molar-refractivity contribution in [1.82, 2.24) is 0 Å². The molecule has 1 aliphatic heterocycles. The van der Waals surface area contributed by atoms with Crippen molar-refractivity contribution in [2.45, 2.75) is 38.3 Å². The molecule has 0 spiro atoms. The van der Waals surface area contributed by atoms with Crippen LogP contribution >= 0.6 is 11.6 Å². The van der Waals surface area contributed by atoms with Gasteiger partial charge in [-0.25, -0.2) is 0 Å². The van der Waals surface area contributed by atoms with Crippen LogP contribution < -0.4 is 10.2 Å². The molecule has 1 aromatic rings. The molecule has 1 N–H and O–H groups in total. The van der Waals surface area contributed by atoms with Crippen molar-refractivity contribution < 1.29 is 4.74 Å². The largest absolute Gasteiger partial charge is 0.382 e. The predicted octanol–water partition coefficient (Wildman–Crippen LogP) is 3.78. The molecule has 1 heterocycles. The lowest BCUT2D eigenvalue weighted by Crippen LogP contribution is -2.33. The van der Waals surface area contributed by atoms with Gasteiger partial charge in [-0.05, 0) is 37.5 Å². The predicted molar refractivity (Wildman–Crippen MR) is 82.5 cm³/mol. The molecule has 4 heteroatoms. The number of benzene rings is 1. The van der Waals surface area contributed by atoms with Crippen LogP contribution in [0.5, 0.6) is 0 Å². The van der Waals surface area contributed by atoms with E-state index in [-0.39, 0.29) is 0 Å². The lowest BCUT2D eigenvalue weighted by Gasteiger charge is -2.30. The highest BCUT2D eigenvalue weighted by Gasteiger charge is 2.21. The molecule has 0 amide bonds. The van der Waals surface area contributed by atoms with Crippen molar-refractivity contribution >= 4 is 23.0 Å². The minimum absolute atomic E-state index is 0.391. The van der Waals surface area contributed by atoms with Gasteiger partial charge in [-0.1, -0.05) is 18.5 Å². The third-order valence-electron chi connectivity index (χ3n) is 3.62. The second-order valence-corrected chi connectivity index (χ2v) is 5.73.